The second-order valence-corrected chi connectivity index (χ2v) is 3.67. The van der Waals surface area contributed by atoms with Crippen LogP contribution in [-0.2, 0) is 28.4 Å². The van der Waals surface area contributed by atoms with E-state index < -0.39 is 0 Å². The van der Waals surface area contributed by atoms with Crippen molar-refractivity contribution in [2.75, 3.05) is 89.1 Å². The van der Waals surface area contributed by atoms with Crippen molar-refractivity contribution in [2.24, 2.45) is 0 Å². The van der Waals surface area contributed by atoms with E-state index in [1.54, 1.807) is 0 Å². The number of hydrogen-bond donors (Lipinski definition) is 0. The second-order valence-electron chi connectivity index (χ2n) is 3.67. The molecule has 0 spiro atoms. The lowest BCUT2D eigenvalue weighted by molar-refractivity contribution is -0.0334. The minimum atomic E-state index is 0.586. The number of ether oxygens (including phenoxy) is 6. The van der Waals surface area contributed by atoms with Crippen LogP contribution in [0.4, 0.5) is 0 Å². The molecule has 6 nitrogen and oxygen atoms in total. The third kappa shape index (κ3) is 23.5. The van der Waals surface area contributed by atoms with E-state index in [1.807, 2.05) is 9.86 Å². The van der Waals surface area contributed by atoms with Crippen LogP contribution in [0.5, 0.6) is 0 Å². The highest BCUT2D eigenvalue weighted by Crippen LogP contribution is 1.86. The third-order valence-electron chi connectivity index (χ3n) is 2.23. The zero-order chi connectivity index (χ0) is 16.7. The Hall–Kier alpha value is 1.22. The number of alkyl halides is 2. The lowest BCUT2D eigenvalue weighted by atomic mass is 10.6. The molecule has 1 aliphatic heterocycles. The van der Waals surface area contributed by atoms with Gasteiger partial charge in [0.05, 0.1) is 79.3 Å². The van der Waals surface area contributed by atoms with Gasteiger partial charge in [-0.25, -0.2) is 0 Å². The van der Waals surface area contributed by atoms with Crippen LogP contribution in [-0.4, -0.2) is 89.1 Å². The zero-order valence-corrected chi connectivity index (χ0v) is 18.0. The Kier molecular flexibility index (Phi) is 31.3. The molecule has 0 aromatic heterocycles. The van der Waals surface area contributed by atoms with Crippen LogP contribution < -0.4 is 0 Å². The minimum Gasteiger partial charge on any atom is -0.377 e. The zero-order valence-electron chi connectivity index (χ0n) is 13.7. The van der Waals surface area contributed by atoms with E-state index in [9.17, 15) is 0 Å². The van der Waals surface area contributed by atoms with Crippen LogP contribution in [0.1, 0.15) is 0 Å². The molecule has 0 aromatic carbocycles. The maximum absolute atomic E-state index is 5.33. The van der Waals surface area contributed by atoms with E-state index in [0.29, 0.717) is 79.3 Å². The molecule has 0 amide bonds. The van der Waals surface area contributed by atoms with Gasteiger partial charge < -0.3 is 28.4 Å². The second kappa shape index (κ2) is 27.1. The van der Waals surface area contributed by atoms with Gasteiger partial charge in [0.1, 0.15) is 0 Å². The normalized spacial score (nSPS) is 20.2. The van der Waals surface area contributed by atoms with E-state index in [0.717, 1.165) is 0 Å². The van der Waals surface area contributed by atoms with Gasteiger partial charge in [0, 0.05) is 0 Å². The molecule has 0 unspecified atom stereocenters. The van der Waals surface area contributed by atoms with Gasteiger partial charge in [-0.15, -0.1) is 0 Å². The van der Waals surface area contributed by atoms with Crippen LogP contribution in [0.15, 0.2) is 0 Å². The van der Waals surface area contributed by atoms with Gasteiger partial charge in [-0.3, -0.25) is 0 Å². The lowest BCUT2D eigenvalue weighted by Gasteiger charge is -2.09. The molecule has 1 rings (SSSR count). The minimum absolute atomic E-state index is 0.586. The standard InChI is InChI=1S/C12H24O6.2CH3I/c1-2-14-5-6-16-9-10-18-12-11-17-8-7-15-4-3-13-1;2*1-2/h1-12H2;2*1H3. The third-order valence-corrected chi connectivity index (χ3v) is 2.23. The molecular weight excluding hydrogens is 518 g/mol. The molecular formula is C14H30I2O6. The summed E-state index contributed by atoms with van der Waals surface area (Å²) >= 11 is 4.30. The van der Waals surface area contributed by atoms with Gasteiger partial charge in [0.25, 0.3) is 0 Å². The first kappa shape index (κ1) is 25.5. The molecule has 1 fully saturated rings. The summed E-state index contributed by atoms with van der Waals surface area (Å²) in [5.41, 5.74) is 0. The summed E-state index contributed by atoms with van der Waals surface area (Å²) in [6.45, 7) is 7.04. The molecule has 0 saturated carbocycles. The average molecular weight is 548 g/mol. The van der Waals surface area contributed by atoms with Crippen molar-refractivity contribution in [3.63, 3.8) is 0 Å². The van der Waals surface area contributed by atoms with E-state index in [-0.39, 0.29) is 0 Å². The molecule has 1 saturated heterocycles. The quantitative estimate of drug-likeness (QED) is 0.342. The predicted octanol–water partition coefficient (Wildman–Crippen LogP) is 2.20. The van der Waals surface area contributed by atoms with Gasteiger partial charge >= 0.3 is 0 Å². The summed E-state index contributed by atoms with van der Waals surface area (Å²) in [7, 11) is 0. The topological polar surface area (TPSA) is 55.4 Å². The fourth-order valence-electron chi connectivity index (χ4n) is 1.32. The van der Waals surface area contributed by atoms with Crippen molar-refractivity contribution in [3.8, 4) is 0 Å². The average Bonchev–Trinajstić information content (AvgIpc) is 2.59. The number of hydrogen-bond acceptors (Lipinski definition) is 6. The van der Waals surface area contributed by atoms with Crippen LogP contribution in [0.25, 0.3) is 0 Å². The van der Waals surface area contributed by atoms with Gasteiger partial charge in [-0.2, -0.15) is 0 Å². The van der Waals surface area contributed by atoms with Crippen LogP contribution >= 0.6 is 45.2 Å². The Labute approximate surface area is 162 Å². The fraction of sp³-hybridized carbons (Fsp3) is 1.00. The summed E-state index contributed by atoms with van der Waals surface area (Å²) in [5, 5.41) is 0. The Bertz CT molecular complexity index is 102. The maximum Gasteiger partial charge on any atom is 0.0701 e. The first-order chi connectivity index (χ1) is 11.0. The highest BCUT2D eigenvalue weighted by Gasteiger charge is 1.95. The molecule has 0 radical (unpaired) electrons. The van der Waals surface area contributed by atoms with Crippen LogP contribution in [0.3, 0.4) is 0 Å². The van der Waals surface area contributed by atoms with Crippen molar-refractivity contribution < 1.29 is 28.4 Å². The molecule has 0 atom stereocenters. The van der Waals surface area contributed by atoms with Gasteiger partial charge in [-0.1, -0.05) is 45.2 Å². The Morgan fingerprint density at radius 3 is 0.500 bits per heavy atom. The van der Waals surface area contributed by atoms with Crippen molar-refractivity contribution in [3.05, 3.63) is 0 Å². The molecule has 1 aliphatic rings. The summed E-state index contributed by atoms with van der Waals surface area (Å²) in [6, 6.07) is 0. The first-order valence-corrected chi connectivity index (χ1v) is 11.5. The molecule has 22 heavy (non-hydrogen) atoms. The summed E-state index contributed by atoms with van der Waals surface area (Å²) in [6.07, 6.45) is 0. The largest absolute Gasteiger partial charge is 0.377 e. The highest BCUT2D eigenvalue weighted by atomic mass is 127. The van der Waals surface area contributed by atoms with Crippen molar-refractivity contribution in [1.82, 2.24) is 0 Å². The molecule has 136 valence electrons. The van der Waals surface area contributed by atoms with Gasteiger partial charge in [0.2, 0.25) is 0 Å². The van der Waals surface area contributed by atoms with Crippen molar-refractivity contribution >= 4 is 45.2 Å². The summed E-state index contributed by atoms with van der Waals surface area (Å²) in [5.74, 6) is 0. The molecule has 0 aliphatic carbocycles. The molecule has 0 bridgehead atoms. The molecule has 8 heteroatoms. The monoisotopic (exact) mass is 548 g/mol. The highest BCUT2D eigenvalue weighted by molar-refractivity contribution is 14.1. The Morgan fingerprint density at radius 2 is 0.409 bits per heavy atom. The van der Waals surface area contributed by atoms with Crippen LogP contribution in [0, 0.1) is 0 Å². The van der Waals surface area contributed by atoms with Crippen molar-refractivity contribution in [1.29, 1.82) is 0 Å². The molecule has 0 N–H and O–H groups in total. The first-order valence-electron chi connectivity index (χ1n) is 7.22. The Balaban J connectivity index is 0. The smallest absolute Gasteiger partial charge is 0.0701 e. The van der Waals surface area contributed by atoms with E-state index >= 15 is 0 Å². The van der Waals surface area contributed by atoms with Crippen molar-refractivity contribution in [2.45, 2.75) is 0 Å². The van der Waals surface area contributed by atoms with Crippen LogP contribution in [0.2, 0.25) is 0 Å². The molecule has 1 heterocycles. The lowest BCUT2D eigenvalue weighted by Crippen LogP contribution is -2.16. The maximum atomic E-state index is 5.33. The number of halogens is 2. The summed E-state index contributed by atoms with van der Waals surface area (Å²) < 4.78 is 32.0. The van der Waals surface area contributed by atoms with E-state index in [1.165, 1.54) is 0 Å². The summed E-state index contributed by atoms with van der Waals surface area (Å²) in [4.78, 5) is 3.94. The number of rotatable bonds is 0. The Morgan fingerprint density at radius 1 is 0.318 bits per heavy atom. The molecule has 0 aromatic rings. The van der Waals surface area contributed by atoms with E-state index in [4.69, 9.17) is 28.4 Å². The van der Waals surface area contributed by atoms with E-state index in [2.05, 4.69) is 45.2 Å². The predicted molar refractivity (Wildman–Crippen MR) is 105 cm³/mol. The van der Waals surface area contributed by atoms with Gasteiger partial charge in [0.15, 0.2) is 0 Å². The fourth-order valence-corrected chi connectivity index (χ4v) is 1.32. The van der Waals surface area contributed by atoms with Gasteiger partial charge in [-0.05, 0) is 9.86 Å². The SMILES string of the molecule is C1COCCOCCOCCOCCOCCO1.CI.CI.